The molecule has 0 saturated carbocycles. The fraction of sp³-hybridized carbons (Fsp3) is 0.375. The Balaban J connectivity index is 5.27. The lowest BCUT2D eigenvalue weighted by Crippen LogP contribution is -2.03. The highest BCUT2D eigenvalue weighted by molar-refractivity contribution is 5.45. The fourth-order valence-corrected chi connectivity index (χ4v) is 1.55. The van der Waals surface area contributed by atoms with Gasteiger partial charge in [-0.05, 0) is 49.6 Å². The molecule has 0 aromatic heterocycles. The van der Waals surface area contributed by atoms with E-state index in [-0.39, 0.29) is 0 Å². The molecule has 0 fully saturated rings. The van der Waals surface area contributed by atoms with Gasteiger partial charge in [-0.3, -0.25) is 0 Å². The van der Waals surface area contributed by atoms with Crippen molar-refractivity contribution in [3.63, 3.8) is 0 Å². The van der Waals surface area contributed by atoms with Gasteiger partial charge in [0.25, 0.3) is 0 Å². The molecule has 100 valence electrons. The Bertz CT molecular complexity index is 393. The van der Waals surface area contributed by atoms with Crippen LogP contribution in [-0.4, -0.2) is 26.0 Å². The first-order valence-corrected chi connectivity index (χ1v) is 6.16. The van der Waals surface area contributed by atoms with E-state index in [2.05, 4.69) is 48.1 Å². The van der Waals surface area contributed by atoms with Gasteiger partial charge in [-0.1, -0.05) is 18.7 Å². The van der Waals surface area contributed by atoms with Crippen LogP contribution < -0.4 is 5.32 Å². The van der Waals surface area contributed by atoms with E-state index in [1.807, 2.05) is 41.1 Å². The van der Waals surface area contributed by atoms with Gasteiger partial charge in [0.15, 0.2) is 0 Å². The first kappa shape index (κ1) is 16.3. The number of hydrogen-bond acceptors (Lipinski definition) is 2. The summed E-state index contributed by atoms with van der Waals surface area (Å²) >= 11 is 0. The van der Waals surface area contributed by atoms with E-state index >= 15 is 0 Å². The van der Waals surface area contributed by atoms with Gasteiger partial charge in [0.1, 0.15) is 0 Å². The molecule has 0 spiro atoms. The molecule has 0 radical (unpaired) electrons. The Morgan fingerprint density at radius 2 is 1.78 bits per heavy atom. The molecule has 1 N–H and O–H groups in total. The normalized spacial score (nSPS) is 14.6. The van der Waals surface area contributed by atoms with Gasteiger partial charge in [0.2, 0.25) is 0 Å². The third kappa shape index (κ3) is 6.14. The number of allylic oxidation sites excluding steroid dienone is 8. The lowest BCUT2D eigenvalue weighted by Gasteiger charge is -2.10. The van der Waals surface area contributed by atoms with Crippen molar-refractivity contribution < 1.29 is 0 Å². The monoisotopic (exact) mass is 246 g/mol. The first-order valence-electron chi connectivity index (χ1n) is 6.16. The van der Waals surface area contributed by atoms with E-state index in [9.17, 15) is 0 Å². The van der Waals surface area contributed by atoms with Gasteiger partial charge in [-0.2, -0.15) is 0 Å². The molecule has 0 rings (SSSR count). The molecule has 0 heterocycles. The van der Waals surface area contributed by atoms with Crippen LogP contribution in [-0.2, 0) is 0 Å². The lowest BCUT2D eigenvalue weighted by molar-refractivity contribution is 0.559. The maximum atomic E-state index is 3.86. The number of rotatable bonds is 6. The minimum atomic E-state index is 1.10. The van der Waals surface area contributed by atoms with E-state index in [0.29, 0.717) is 0 Å². The average molecular weight is 246 g/mol. The summed E-state index contributed by atoms with van der Waals surface area (Å²) in [5.74, 6) is 0. The number of nitrogens with zero attached hydrogens (tertiary/aromatic N) is 1. The van der Waals surface area contributed by atoms with E-state index in [4.69, 9.17) is 0 Å². The van der Waals surface area contributed by atoms with Gasteiger partial charge in [0.05, 0.1) is 0 Å². The van der Waals surface area contributed by atoms with Crippen LogP contribution in [0.1, 0.15) is 20.8 Å². The molecule has 0 aromatic rings. The van der Waals surface area contributed by atoms with Crippen LogP contribution in [0.5, 0.6) is 0 Å². The highest BCUT2D eigenvalue weighted by atomic mass is 15.0. The third-order valence-electron chi connectivity index (χ3n) is 2.55. The third-order valence-corrected chi connectivity index (χ3v) is 2.55. The van der Waals surface area contributed by atoms with Gasteiger partial charge in [-0.15, -0.1) is 0 Å². The molecule has 18 heavy (non-hydrogen) atoms. The van der Waals surface area contributed by atoms with Crippen molar-refractivity contribution in [2.24, 2.45) is 0 Å². The van der Waals surface area contributed by atoms with Crippen LogP contribution in [0.2, 0.25) is 0 Å². The lowest BCUT2D eigenvalue weighted by atomic mass is 10.0. The van der Waals surface area contributed by atoms with Crippen LogP contribution in [0.4, 0.5) is 0 Å². The molecule has 2 heteroatoms. The molecule has 0 amide bonds. The van der Waals surface area contributed by atoms with Crippen molar-refractivity contribution in [3.05, 3.63) is 59.5 Å². The molecular formula is C16H26N2. The Labute approximate surface area is 112 Å². The summed E-state index contributed by atoms with van der Waals surface area (Å²) in [7, 11) is 5.97. The second kappa shape index (κ2) is 8.40. The maximum absolute atomic E-state index is 3.86. The van der Waals surface area contributed by atoms with Gasteiger partial charge in [-0.25, -0.2) is 0 Å². The Morgan fingerprint density at radius 1 is 1.17 bits per heavy atom. The minimum absolute atomic E-state index is 1.10. The minimum Gasteiger partial charge on any atom is -0.392 e. The van der Waals surface area contributed by atoms with Gasteiger partial charge in [0, 0.05) is 33.0 Å². The SMILES string of the molecule is C=CC(=C/C(=C/C)C(/C)=C\N(C)C)/C=C(/C)NC. The van der Waals surface area contributed by atoms with Gasteiger partial charge < -0.3 is 10.2 Å². The highest BCUT2D eigenvalue weighted by Crippen LogP contribution is 2.15. The molecule has 0 aliphatic rings. The molecule has 0 aliphatic heterocycles. The summed E-state index contributed by atoms with van der Waals surface area (Å²) in [6.45, 7) is 10.1. The molecule has 0 aliphatic carbocycles. The summed E-state index contributed by atoms with van der Waals surface area (Å²) in [5.41, 5.74) is 4.66. The predicted molar refractivity (Wildman–Crippen MR) is 82.3 cm³/mol. The van der Waals surface area contributed by atoms with Crippen molar-refractivity contribution in [2.75, 3.05) is 21.1 Å². The number of nitrogens with one attached hydrogen (secondary N) is 1. The van der Waals surface area contributed by atoms with Crippen molar-refractivity contribution >= 4 is 0 Å². The second-order valence-electron chi connectivity index (χ2n) is 4.45. The van der Waals surface area contributed by atoms with Crippen LogP contribution in [0.25, 0.3) is 0 Å². The van der Waals surface area contributed by atoms with Crippen molar-refractivity contribution in [2.45, 2.75) is 20.8 Å². The predicted octanol–water partition coefficient (Wildman–Crippen LogP) is 3.63. The topological polar surface area (TPSA) is 15.3 Å². The molecule has 0 unspecified atom stereocenters. The quantitative estimate of drug-likeness (QED) is 0.720. The van der Waals surface area contributed by atoms with Crippen LogP contribution >= 0.6 is 0 Å². The summed E-state index contributed by atoms with van der Waals surface area (Å²) in [6, 6.07) is 0. The van der Waals surface area contributed by atoms with E-state index in [1.165, 1.54) is 11.1 Å². The van der Waals surface area contributed by atoms with E-state index in [0.717, 1.165) is 11.3 Å². The summed E-state index contributed by atoms with van der Waals surface area (Å²) in [6.07, 6.45) is 10.3. The molecular weight excluding hydrogens is 220 g/mol. The Kier molecular flexibility index (Phi) is 7.61. The van der Waals surface area contributed by atoms with E-state index in [1.54, 1.807) is 0 Å². The largest absolute Gasteiger partial charge is 0.392 e. The molecule has 0 saturated heterocycles. The molecule has 0 bridgehead atoms. The van der Waals surface area contributed by atoms with Crippen LogP contribution in [0.3, 0.4) is 0 Å². The van der Waals surface area contributed by atoms with Gasteiger partial charge >= 0.3 is 0 Å². The zero-order valence-electron chi connectivity index (χ0n) is 12.5. The molecule has 0 aromatic carbocycles. The van der Waals surface area contributed by atoms with Crippen LogP contribution in [0.15, 0.2) is 59.5 Å². The summed E-state index contributed by atoms with van der Waals surface area (Å²) in [5, 5.41) is 3.11. The number of hydrogen-bond donors (Lipinski definition) is 1. The Morgan fingerprint density at radius 3 is 2.17 bits per heavy atom. The maximum Gasteiger partial charge on any atom is 0.00784 e. The highest BCUT2D eigenvalue weighted by Gasteiger charge is 1.98. The smallest absolute Gasteiger partial charge is 0.00784 e. The van der Waals surface area contributed by atoms with Crippen LogP contribution in [0, 0.1) is 0 Å². The zero-order chi connectivity index (χ0) is 14.1. The molecule has 0 atom stereocenters. The average Bonchev–Trinajstić information content (AvgIpc) is 2.32. The molecule has 2 nitrogen and oxygen atoms in total. The first-order chi connectivity index (χ1) is 8.44. The fourth-order valence-electron chi connectivity index (χ4n) is 1.55. The summed E-state index contributed by atoms with van der Waals surface area (Å²) < 4.78 is 0. The zero-order valence-corrected chi connectivity index (χ0v) is 12.5. The van der Waals surface area contributed by atoms with E-state index < -0.39 is 0 Å². The van der Waals surface area contributed by atoms with Crippen molar-refractivity contribution in [3.8, 4) is 0 Å². The summed E-state index contributed by atoms with van der Waals surface area (Å²) in [4.78, 5) is 2.05. The van der Waals surface area contributed by atoms with Crippen molar-refractivity contribution in [1.82, 2.24) is 10.2 Å². The van der Waals surface area contributed by atoms with Crippen molar-refractivity contribution in [1.29, 1.82) is 0 Å². The second-order valence-corrected chi connectivity index (χ2v) is 4.45. The standard InChI is InChI=1S/C16H26N2/c1-8-15(10-14(4)17-5)11-16(9-2)13(3)12-18(6)7/h8-12,17H,1H2,2-7H3/b13-12-,14-10-,15-11-,16-9-. The Hall–Kier alpha value is -1.70.